The molecule has 0 atom stereocenters. The monoisotopic (exact) mass is 233 g/mol. The van der Waals surface area contributed by atoms with E-state index >= 15 is 0 Å². The molecule has 0 N–H and O–H groups in total. The molecule has 0 spiro atoms. The molecular weight excluding hydrogens is 214 g/mol. The number of allylic oxidation sites excluding steroid dienone is 2. The number of hydrogen-bond donors (Lipinski definition) is 0. The van der Waals surface area contributed by atoms with Crippen LogP contribution in [0.15, 0.2) is 24.3 Å². The molecule has 4 heteroatoms. The second-order valence-electron chi connectivity index (χ2n) is 4.15. The van der Waals surface area contributed by atoms with Gasteiger partial charge in [-0.1, -0.05) is 24.3 Å². The van der Waals surface area contributed by atoms with Gasteiger partial charge in [0.15, 0.2) is 0 Å². The average Bonchev–Trinajstić information content (AvgIpc) is 2.14. The van der Waals surface area contributed by atoms with Gasteiger partial charge in [-0.3, -0.25) is 0 Å². The molecule has 0 amide bonds. The van der Waals surface area contributed by atoms with E-state index in [9.17, 15) is 0 Å². The van der Waals surface area contributed by atoms with Gasteiger partial charge in [-0.2, -0.15) is 9.97 Å². The lowest BCUT2D eigenvalue weighted by Gasteiger charge is -2.07. The molecule has 0 radical (unpaired) electrons. The summed E-state index contributed by atoms with van der Waals surface area (Å²) >= 11 is 0. The summed E-state index contributed by atoms with van der Waals surface area (Å²) in [6, 6.07) is 0.384. The lowest BCUT2D eigenvalue weighted by Crippen LogP contribution is -2.08. The smallest absolute Gasteiger partial charge is 0.319 e. The normalized spacial score (nSPS) is 10.1. The summed E-state index contributed by atoms with van der Waals surface area (Å²) in [6.45, 7) is 14.1. The van der Waals surface area contributed by atoms with Gasteiger partial charge in [0.25, 0.3) is 0 Å². The summed E-state index contributed by atoms with van der Waals surface area (Å²) in [6.07, 6.45) is 1.29. The van der Waals surface area contributed by atoms with Gasteiger partial charge < -0.3 is 4.74 Å². The number of aromatic nitrogens is 3. The van der Waals surface area contributed by atoms with E-state index in [0.29, 0.717) is 37.1 Å². The van der Waals surface area contributed by atoms with E-state index in [1.54, 1.807) is 0 Å². The first-order chi connectivity index (χ1) is 8.01. The molecule has 0 aliphatic carbocycles. The van der Waals surface area contributed by atoms with Crippen LogP contribution < -0.4 is 4.74 Å². The number of nitrogens with zero attached hydrogens (tertiary/aromatic N) is 3. The van der Waals surface area contributed by atoms with Gasteiger partial charge in [-0.25, -0.2) is 4.98 Å². The van der Waals surface area contributed by atoms with Crippen molar-refractivity contribution in [2.45, 2.75) is 33.6 Å². The third kappa shape index (κ3) is 4.76. The molecule has 0 saturated carbocycles. The van der Waals surface area contributed by atoms with Gasteiger partial charge in [-0.15, -0.1) is 0 Å². The minimum absolute atomic E-state index is 0.384. The quantitative estimate of drug-likeness (QED) is 0.708. The van der Waals surface area contributed by atoms with Crippen molar-refractivity contribution in [1.82, 2.24) is 15.0 Å². The summed E-state index contributed by atoms with van der Waals surface area (Å²) in [4.78, 5) is 12.8. The third-order valence-electron chi connectivity index (χ3n) is 1.90. The van der Waals surface area contributed by atoms with Gasteiger partial charge in [0.1, 0.15) is 11.6 Å². The van der Waals surface area contributed by atoms with E-state index in [1.807, 2.05) is 20.8 Å². The minimum atomic E-state index is 0.384. The van der Waals surface area contributed by atoms with E-state index in [2.05, 4.69) is 28.1 Å². The molecule has 1 aromatic heterocycles. The standard InChI is InChI=1S/C13H19N3O/c1-6-17-13-15-11(7-9(2)3)14-12(16-13)8-10(4)5/h2,4,6-8H2,1,3,5H3. The van der Waals surface area contributed by atoms with Crippen molar-refractivity contribution in [1.29, 1.82) is 0 Å². The molecule has 0 aromatic carbocycles. The van der Waals surface area contributed by atoms with Gasteiger partial charge >= 0.3 is 6.01 Å². The van der Waals surface area contributed by atoms with Gasteiger partial charge in [0.05, 0.1) is 6.61 Å². The highest BCUT2D eigenvalue weighted by atomic mass is 16.5. The van der Waals surface area contributed by atoms with Crippen LogP contribution in [0.1, 0.15) is 32.4 Å². The van der Waals surface area contributed by atoms with Crippen LogP contribution in [0.3, 0.4) is 0 Å². The zero-order valence-corrected chi connectivity index (χ0v) is 10.8. The third-order valence-corrected chi connectivity index (χ3v) is 1.90. The highest BCUT2D eigenvalue weighted by molar-refractivity contribution is 5.11. The Morgan fingerprint density at radius 3 is 1.82 bits per heavy atom. The lowest BCUT2D eigenvalue weighted by molar-refractivity contribution is 0.308. The molecule has 1 aromatic rings. The fourth-order valence-corrected chi connectivity index (χ4v) is 1.34. The molecular formula is C13H19N3O. The molecule has 0 bridgehead atoms. The van der Waals surface area contributed by atoms with Gasteiger partial charge in [0, 0.05) is 12.8 Å². The van der Waals surface area contributed by atoms with E-state index in [4.69, 9.17) is 4.74 Å². The van der Waals surface area contributed by atoms with Crippen LogP contribution in [0.25, 0.3) is 0 Å². The summed E-state index contributed by atoms with van der Waals surface area (Å²) in [5.41, 5.74) is 2.03. The Balaban J connectivity index is 2.99. The Kier molecular flexibility index (Phi) is 4.82. The summed E-state index contributed by atoms with van der Waals surface area (Å²) < 4.78 is 5.33. The maximum absolute atomic E-state index is 5.33. The zero-order chi connectivity index (χ0) is 12.8. The van der Waals surface area contributed by atoms with Crippen LogP contribution in [-0.2, 0) is 12.8 Å². The fourth-order valence-electron chi connectivity index (χ4n) is 1.34. The molecule has 0 aliphatic rings. The Morgan fingerprint density at radius 1 is 1.00 bits per heavy atom. The Labute approximate surface area is 102 Å². The molecule has 0 fully saturated rings. The van der Waals surface area contributed by atoms with Crippen LogP contribution in [0.2, 0.25) is 0 Å². The summed E-state index contributed by atoms with van der Waals surface area (Å²) in [5, 5.41) is 0. The largest absolute Gasteiger partial charge is 0.464 e. The van der Waals surface area contributed by atoms with Crippen molar-refractivity contribution in [2.24, 2.45) is 0 Å². The molecule has 1 rings (SSSR count). The van der Waals surface area contributed by atoms with Gasteiger partial charge in [-0.05, 0) is 20.8 Å². The van der Waals surface area contributed by atoms with Gasteiger partial charge in [0.2, 0.25) is 0 Å². The maximum atomic E-state index is 5.33. The number of hydrogen-bond acceptors (Lipinski definition) is 4. The molecule has 1 heterocycles. The van der Waals surface area contributed by atoms with Crippen molar-refractivity contribution >= 4 is 0 Å². The van der Waals surface area contributed by atoms with Crippen molar-refractivity contribution in [3.05, 3.63) is 36.0 Å². The Morgan fingerprint density at radius 2 is 1.47 bits per heavy atom. The second kappa shape index (κ2) is 6.13. The molecule has 4 nitrogen and oxygen atoms in total. The van der Waals surface area contributed by atoms with Crippen LogP contribution in [0.4, 0.5) is 0 Å². The SMILES string of the molecule is C=C(C)Cc1nc(CC(=C)C)nc(OCC)n1. The predicted molar refractivity (Wildman–Crippen MR) is 68.0 cm³/mol. The maximum Gasteiger partial charge on any atom is 0.319 e. The summed E-state index contributed by atoms with van der Waals surface area (Å²) in [5.74, 6) is 1.40. The minimum Gasteiger partial charge on any atom is -0.464 e. The fraction of sp³-hybridized carbons (Fsp3) is 0.462. The number of rotatable bonds is 6. The highest BCUT2D eigenvalue weighted by Gasteiger charge is 2.07. The van der Waals surface area contributed by atoms with E-state index < -0.39 is 0 Å². The Bertz CT molecular complexity index is 392. The average molecular weight is 233 g/mol. The molecule has 0 aliphatic heterocycles. The topological polar surface area (TPSA) is 47.9 Å². The van der Waals surface area contributed by atoms with E-state index in [0.717, 1.165) is 11.1 Å². The van der Waals surface area contributed by atoms with Crippen molar-refractivity contribution in [2.75, 3.05) is 6.61 Å². The highest BCUT2D eigenvalue weighted by Crippen LogP contribution is 2.09. The second-order valence-corrected chi connectivity index (χ2v) is 4.15. The molecule has 92 valence electrons. The Hall–Kier alpha value is -1.71. The first-order valence-electron chi connectivity index (χ1n) is 5.66. The van der Waals surface area contributed by atoms with Crippen molar-refractivity contribution < 1.29 is 4.74 Å². The number of ether oxygens (including phenoxy) is 1. The lowest BCUT2D eigenvalue weighted by atomic mass is 10.2. The van der Waals surface area contributed by atoms with Crippen molar-refractivity contribution in [3.8, 4) is 6.01 Å². The first-order valence-corrected chi connectivity index (χ1v) is 5.66. The molecule has 0 unspecified atom stereocenters. The molecule has 0 saturated heterocycles. The van der Waals surface area contributed by atoms with Crippen LogP contribution >= 0.6 is 0 Å². The van der Waals surface area contributed by atoms with Crippen LogP contribution in [0.5, 0.6) is 6.01 Å². The predicted octanol–water partition coefficient (Wildman–Crippen LogP) is 2.51. The first kappa shape index (κ1) is 13.4. The van der Waals surface area contributed by atoms with Crippen LogP contribution in [-0.4, -0.2) is 21.6 Å². The van der Waals surface area contributed by atoms with Crippen molar-refractivity contribution in [3.63, 3.8) is 0 Å². The van der Waals surface area contributed by atoms with E-state index in [-0.39, 0.29) is 0 Å². The summed E-state index contributed by atoms with van der Waals surface area (Å²) in [7, 11) is 0. The van der Waals surface area contributed by atoms with Crippen LogP contribution in [0, 0.1) is 0 Å². The van der Waals surface area contributed by atoms with E-state index in [1.165, 1.54) is 0 Å². The molecule has 17 heavy (non-hydrogen) atoms. The zero-order valence-electron chi connectivity index (χ0n) is 10.8.